The summed E-state index contributed by atoms with van der Waals surface area (Å²) in [5.74, 6) is -0.764. The highest BCUT2D eigenvalue weighted by atomic mass is 32.1. The highest BCUT2D eigenvalue weighted by Crippen LogP contribution is 2.33. The summed E-state index contributed by atoms with van der Waals surface area (Å²) in [5.41, 5.74) is 0. The predicted octanol–water partition coefficient (Wildman–Crippen LogP) is 3.56. The molecule has 0 aliphatic carbocycles. The van der Waals surface area contributed by atoms with Crippen LogP contribution in [0, 0.1) is 5.92 Å². The van der Waals surface area contributed by atoms with Crippen molar-refractivity contribution >= 4 is 17.3 Å². The standard InChI is InChI=1S/C15H23NO2S/c1-3-12-5-6-14(19-12)13(4-2)16-9-7-11(8-10-16)15(17)18/h5-6,11,13H,3-4,7-10H2,1-2H3,(H,17,18). The number of nitrogens with zero attached hydrogens (tertiary/aromatic N) is 1. The van der Waals surface area contributed by atoms with Gasteiger partial charge in [0.2, 0.25) is 0 Å². The molecule has 1 N–H and O–H groups in total. The number of aryl methyl sites for hydroxylation is 1. The first-order valence-electron chi connectivity index (χ1n) is 7.21. The van der Waals surface area contributed by atoms with Crippen LogP contribution in [0.25, 0.3) is 0 Å². The first kappa shape index (κ1) is 14.5. The van der Waals surface area contributed by atoms with Crippen molar-refractivity contribution in [2.24, 2.45) is 5.92 Å². The van der Waals surface area contributed by atoms with E-state index in [1.165, 1.54) is 9.75 Å². The van der Waals surface area contributed by atoms with Gasteiger partial charge in [0.1, 0.15) is 0 Å². The zero-order valence-corrected chi connectivity index (χ0v) is 12.6. The molecule has 0 bridgehead atoms. The van der Waals surface area contributed by atoms with Crippen LogP contribution in [-0.2, 0) is 11.2 Å². The average Bonchev–Trinajstić information content (AvgIpc) is 2.89. The third-order valence-electron chi connectivity index (χ3n) is 4.07. The molecule has 1 unspecified atom stereocenters. The first-order chi connectivity index (χ1) is 9.15. The third-order valence-corrected chi connectivity index (χ3v) is 5.40. The van der Waals surface area contributed by atoms with Crippen LogP contribution in [0.3, 0.4) is 0 Å². The fraction of sp³-hybridized carbons (Fsp3) is 0.667. The molecule has 1 aliphatic rings. The maximum Gasteiger partial charge on any atom is 0.306 e. The lowest BCUT2D eigenvalue weighted by Gasteiger charge is -2.35. The van der Waals surface area contributed by atoms with Crippen molar-refractivity contribution < 1.29 is 9.90 Å². The molecule has 1 saturated heterocycles. The third kappa shape index (κ3) is 3.37. The molecule has 2 heterocycles. The predicted molar refractivity (Wildman–Crippen MR) is 78.7 cm³/mol. The van der Waals surface area contributed by atoms with E-state index in [0.717, 1.165) is 38.8 Å². The second kappa shape index (κ2) is 6.53. The van der Waals surface area contributed by atoms with Gasteiger partial charge in [-0.3, -0.25) is 9.69 Å². The number of carbonyl (C=O) groups is 1. The van der Waals surface area contributed by atoms with Crippen molar-refractivity contribution in [3.8, 4) is 0 Å². The normalized spacial score (nSPS) is 19.5. The molecular formula is C15H23NO2S. The Balaban J connectivity index is 2.01. The van der Waals surface area contributed by atoms with E-state index in [2.05, 4.69) is 30.9 Å². The SMILES string of the molecule is CCc1ccc(C(CC)N2CCC(C(=O)O)CC2)s1. The first-order valence-corrected chi connectivity index (χ1v) is 8.02. The highest BCUT2D eigenvalue weighted by Gasteiger charge is 2.28. The minimum atomic E-state index is -0.628. The molecule has 4 heteroatoms. The van der Waals surface area contributed by atoms with Gasteiger partial charge in [-0.15, -0.1) is 11.3 Å². The van der Waals surface area contributed by atoms with Gasteiger partial charge in [-0.05, 0) is 50.9 Å². The average molecular weight is 281 g/mol. The van der Waals surface area contributed by atoms with Crippen LogP contribution < -0.4 is 0 Å². The molecule has 1 aromatic rings. The fourth-order valence-electron chi connectivity index (χ4n) is 2.86. The second-order valence-electron chi connectivity index (χ2n) is 5.23. The number of piperidine rings is 1. The van der Waals surface area contributed by atoms with E-state index in [1.54, 1.807) is 0 Å². The van der Waals surface area contributed by atoms with Crippen molar-refractivity contribution in [1.29, 1.82) is 0 Å². The van der Waals surface area contributed by atoms with Crippen LogP contribution in [0.5, 0.6) is 0 Å². The minimum absolute atomic E-state index is 0.136. The topological polar surface area (TPSA) is 40.5 Å². The summed E-state index contributed by atoms with van der Waals surface area (Å²) in [5, 5.41) is 9.06. The molecule has 1 atom stereocenters. The molecule has 0 radical (unpaired) electrons. The quantitative estimate of drug-likeness (QED) is 0.897. The van der Waals surface area contributed by atoms with Gasteiger partial charge in [0, 0.05) is 15.8 Å². The van der Waals surface area contributed by atoms with Crippen LogP contribution in [0.4, 0.5) is 0 Å². The molecule has 0 spiro atoms. The number of rotatable bonds is 5. The summed E-state index contributed by atoms with van der Waals surface area (Å²) in [6, 6.07) is 4.95. The molecule has 0 aromatic carbocycles. The number of carboxylic acid groups (broad SMARTS) is 1. The summed E-state index contributed by atoms with van der Waals surface area (Å²) in [7, 11) is 0. The summed E-state index contributed by atoms with van der Waals surface area (Å²) in [6.07, 6.45) is 3.78. The van der Waals surface area contributed by atoms with E-state index in [9.17, 15) is 4.79 Å². The molecular weight excluding hydrogens is 258 g/mol. The van der Waals surface area contributed by atoms with Crippen LogP contribution in [0.2, 0.25) is 0 Å². The summed E-state index contributed by atoms with van der Waals surface area (Å²) in [4.78, 5) is 16.3. The lowest BCUT2D eigenvalue weighted by molar-refractivity contribution is -0.143. The molecule has 1 aliphatic heterocycles. The monoisotopic (exact) mass is 281 g/mol. The Bertz CT molecular complexity index is 422. The van der Waals surface area contributed by atoms with E-state index < -0.39 is 5.97 Å². The maximum atomic E-state index is 11.0. The van der Waals surface area contributed by atoms with Crippen molar-refractivity contribution in [1.82, 2.24) is 4.90 Å². The molecule has 2 rings (SSSR count). The number of carboxylic acids is 1. The fourth-order valence-corrected chi connectivity index (χ4v) is 4.03. The Morgan fingerprint density at radius 3 is 2.58 bits per heavy atom. The summed E-state index contributed by atoms with van der Waals surface area (Å²) >= 11 is 1.91. The Hall–Kier alpha value is -0.870. The number of aliphatic carboxylic acids is 1. The van der Waals surface area contributed by atoms with Crippen LogP contribution >= 0.6 is 11.3 Å². The number of hydrogen-bond donors (Lipinski definition) is 1. The summed E-state index contributed by atoms with van der Waals surface area (Å²) in [6.45, 7) is 6.23. The highest BCUT2D eigenvalue weighted by molar-refractivity contribution is 7.12. The van der Waals surface area contributed by atoms with Gasteiger partial charge in [0.25, 0.3) is 0 Å². The Morgan fingerprint density at radius 1 is 1.42 bits per heavy atom. The van der Waals surface area contributed by atoms with Crippen LogP contribution in [0.15, 0.2) is 12.1 Å². The zero-order valence-electron chi connectivity index (χ0n) is 11.8. The van der Waals surface area contributed by atoms with Gasteiger partial charge >= 0.3 is 5.97 Å². The largest absolute Gasteiger partial charge is 0.481 e. The number of thiophene rings is 1. The van der Waals surface area contributed by atoms with Gasteiger partial charge in [-0.25, -0.2) is 0 Å². The van der Waals surface area contributed by atoms with E-state index in [1.807, 2.05) is 11.3 Å². The molecule has 19 heavy (non-hydrogen) atoms. The molecule has 0 saturated carbocycles. The van der Waals surface area contributed by atoms with Gasteiger partial charge < -0.3 is 5.11 Å². The van der Waals surface area contributed by atoms with Crippen LogP contribution in [0.1, 0.15) is 48.9 Å². The summed E-state index contributed by atoms with van der Waals surface area (Å²) < 4.78 is 0. The van der Waals surface area contributed by atoms with Crippen molar-refractivity contribution in [2.45, 2.75) is 45.6 Å². The van der Waals surface area contributed by atoms with Crippen LogP contribution in [-0.4, -0.2) is 29.1 Å². The van der Waals surface area contributed by atoms with Crippen molar-refractivity contribution in [2.75, 3.05) is 13.1 Å². The van der Waals surface area contributed by atoms with Gasteiger partial charge in [0.15, 0.2) is 0 Å². The Kier molecular flexibility index (Phi) is 4.99. The van der Waals surface area contributed by atoms with E-state index in [-0.39, 0.29) is 5.92 Å². The molecule has 3 nitrogen and oxygen atoms in total. The Morgan fingerprint density at radius 2 is 2.11 bits per heavy atom. The smallest absolute Gasteiger partial charge is 0.306 e. The Labute approximate surface area is 119 Å². The van der Waals surface area contributed by atoms with Crippen molar-refractivity contribution in [3.05, 3.63) is 21.9 Å². The zero-order chi connectivity index (χ0) is 13.8. The van der Waals surface area contributed by atoms with E-state index in [0.29, 0.717) is 6.04 Å². The second-order valence-corrected chi connectivity index (χ2v) is 6.43. The molecule has 106 valence electrons. The van der Waals surface area contributed by atoms with Gasteiger partial charge in [0.05, 0.1) is 5.92 Å². The maximum absolute atomic E-state index is 11.0. The lowest BCUT2D eigenvalue weighted by Crippen LogP contribution is -2.38. The van der Waals surface area contributed by atoms with Gasteiger partial charge in [-0.2, -0.15) is 0 Å². The number of likely N-dealkylation sites (tertiary alicyclic amines) is 1. The number of hydrogen-bond acceptors (Lipinski definition) is 3. The van der Waals surface area contributed by atoms with Crippen molar-refractivity contribution in [3.63, 3.8) is 0 Å². The van der Waals surface area contributed by atoms with E-state index in [4.69, 9.17) is 5.11 Å². The molecule has 1 fully saturated rings. The van der Waals surface area contributed by atoms with Gasteiger partial charge in [-0.1, -0.05) is 13.8 Å². The lowest BCUT2D eigenvalue weighted by atomic mass is 9.95. The molecule has 1 aromatic heterocycles. The van der Waals surface area contributed by atoms with E-state index >= 15 is 0 Å². The minimum Gasteiger partial charge on any atom is -0.481 e. The molecule has 0 amide bonds.